The quantitative estimate of drug-likeness (QED) is 0.676. The fourth-order valence-corrected chi connectivity index (χ4v) is 2.43. The molecule has 0 aliphatic heterocycles. The topological polar surface area (TPSA) is 34.9 Å². The van der Waals surface area contributed by atoms with E-state index in [1.807, 2.05) is 12.1 Å². The summed E-state index contributed by atoms with van der Waals surface area (Å²) in [5.74, 6) is -0.736. The first-order valence-electron chi connectivity index (χ1n) is 7.15. The molecule has 3 rings (SSSR count). The lowest BCUT2D eigenvalue weighted by Gasteiger charge is -2.19. The lowest BCUT2D eigenvalue weighted by molar-refractivity contribution is 0.0959. The summed E-state index contributed by atoms with van der Waals surface area (Å²) in [4.78, 5) is 16.6. The Morgan fingerprint density at radius 2 is 1.95 bits per heavy atom. The van der Waals surface area contributed by atoms with E-state index >= 15 is 0 Å². The van der Waals surface area contributed by atoms with Crippen molar-refractivity contribution in [1.29, 1.82) is 0 Å². The summed E-state index contributed by atoms with van der Waals surface area (Å²) in [6.45, 7) is 6.25. The van der Waals surface area contributed by atoms with Gasteiger partial charge in [0.05, 0.1) is 5.52 Å². The van der Waals surface area contributed by atoms with Crippen molar-refractivity contribution in [3.63, 3.8) is 0 Å². The van der Waals surface area contributed by atoms with Crippen LogP contribution in [0.3, 0.4) is 0 Å². The van der Waals surface area contributed by atoms with E-state index in [2.05, 4.69) is 25.8 Å². The Balaban J connectivity index is 2.20. The molecule has 112 valence electrons. The highest BCUT2D eigenvalue weighted by Crippen LogP contribution is 2.28. The third-order valence-corrected chi connectivity index (χ3v) is 3.73. The number of carbonyl (C=O) groups excluding carboxylic acids is 1. The number of aromatic nitrogens is 2. The summed E-state index contributed by atoms with van der Waals surface area (Å²) in [6, 6.07) is 10.6. The van der Waals surface area contributed by atoms with Crippen LogP contribution >= 0.6 is 0 Å². The molecule has 0 N–H and O–H groups in total. The Hall–Kier alpha value is -2.49. The van der Waals surface area contributed by atoms with Gasteiger partial charge >= 0.3 is 0 Å². The summed E-state index contributed by atoms with van der Waals surface area (Å²) in [6.07, 6.45) is 2.78. The van der Waals surface area contributed by atoms with Crippen LogP contribution in [-0.4, -0.2) is 15.5 Å². The van der Waals surface area contributed by atoms with Gasteiger partial charge in [0.25, 0.3) is 5.91 Å². The Bertz CT molecular complexity index is 845. The van der Waals surface area contributed by atoms with Crippen LogP contribution < -0.4 is 0 Å². The van der Waals surface area contributed by atoms with Crippen molar-refractivity contribution in [1.82, 2.24) is 9.55 Å². The smallest absolute Gasteiger partial charge is 0.279 e. The number of rotatable bonds is 1. The van der Waals surface area contributed by atoms with Gasteiger partial charge in [0, 0.05) is 17.8 Å². The van der Waals surface area contributed by atoms with Crippen LogP contribution in [0.2, 0.25) is 0 Å². The Morgan fingerprint density at radius 1 is 1.18 bits per heavy atom. The first-order chi connectivity index (χ1) is 10.4. The molecule has 1 aromatic carbocycles. The van der Waals surface area contributed by atoms with Gasteiger partial charge in [-0.1, -0.05) is 32.9 Å². The second kappa shape index (κ2) is 5.05. The normalized spacial score (nSPS) is 11.8. The summed E-state index contributed by atoms with van der Waals surface area (Å²) < 4.78 is 15.5. The number of carbonyl (C=O) groups is 1. The molecule has 0 spiro atoms. The monoisotopic (exact) mass is 296 g/mol. The van der Waals surface area contributed by atoms with E-state index in [9.17, 15) is 9.18 Å². The average Bonchev–Trinajstić information content (AvgIpc) is 2.83. The molecule has 4 heteroatoms. The van der Waals surface area contributed by atoms with Crippen LogP contribution in [0.15, 0.2) is 48.8 Å². The molecule has 3 aromatic rings. The maximum atomic E-state index is 14.1. The summed E-state index contributed by atoms with van der Waals surface area (Å²) in [5.41, 5.74) is 1.84. The number of nitrogens with zero attached hydrogens (tertiary/aromatic N) is 2. The lowest BCUT2D eigenvalue weighted by atomic mass is 9.87. The Morgan fingerprint density at radius 3 is 2.59 bits per heavy atom. The fraction of sp³-hybridized carbons (Fsp3) is 0.222. The molecule has 0 saturated heterocycles. The third-order valence-electron chi connectivity index (χ3n) is 3.73. The average molecular weight is 296 g/mol. The van der Waals surface area contributed by atoms with Crippen LogP contribution in [0.5, 0.6) is 0 Å². The highest BCUT2D eigenvalue weighted by atomic mass is 19.1. The molecule has 0 atom stereocenters. The van der Waals surface area contributed by atoms with Crippen LogP contribution in [0.4, 0.5) is 4.39 Å². The van der Waals surface area contributed by atoms with Crippen molar-refractivity contribution in [2.75, 3.05) is 0 Å². The van der Waals surface area contributed by atoms with Crippen molar-refractivity contribution in [3.05, 3.63) is 65.9 Å². The second-order valence-corrected chi connectivity index (χ2v) is 6.35. The zero-order valence-corrected chi connectivity index (χ0v) is 12.8. The molecule has 2 heterocycles. The highest BCUT2D eigenvalue weighted by molar-refractivity contribution is 6.01. The number of pyridine rings is 1. The van der Waals surface area contributed by atoms with Crippen molar-refractivity contribution in [2.24, 2.45) is 0 Å². The molecule has 3 nitrogen and oxygen atoms in total. The number of fused-ring (bicyclic) bond motifs is 1. The molecular formula is C18H17FN2O. The molecule has 22 heavy (non-hydrogen) atoms. The molecule has 0 aliphatic rings. The van der Waals surface area contributed by atoms with E-state index in [0.29, 0.717) is 16.6 Å². The number of halogens is 1. The highest BCUT2D eigenvalue weighted by Gasteiger charge is 2.19. The van der Waals surface area contributed by atoms with E-state index in [4.69, 9.17) is 0 Å². The Labute approximate surface area is 128 Å². The number of hydrogen-bond donors (Lipinski definition) is 0. The van der Waals surface area contributed by atoms with Gasteiger partial charge in [0.1, 0.15) is 11.5 Å². The van der Waals surface area contributed by atoms with E-state index in [0.717, 1.165) is 5.56 Å². The molecule has 0 bridgehead atoms. The van der Waals surface area contributed by atoms with Gasteiger partial charge in [-0.2, -0.15) is 0 Å². The first kappa shape index (κ1) is 14.4. The molecule has 2 aromatic heterocycles. The molecule has 0 radical (unpaired) electrons. The predicted molar refractivity (Wildman–Crippen MR) is 84.6 cm³/mol. The largest absolute Gasteiger partial charge is 0.281 e. The van der Waals surface area contributed by atoms with Crippen LogP contribution in [0, 0.1) is 5.82 Å². The van der Waals surface area contributed by atoms with E-state index in [-0.39, 0.29) is 11.3 Å². The van der Waals surface area contributed by atoms with E-state index < -0.39 is 5.82 Å². The van der Waals surface area contributed by atoms with Gasteiger partial charge in [0.15, 0.2) is 0 Å². The summed E-state index contributed by atoms with van der Waals surface area (Å²) >= 11 is 0. The van der Waals surface area contributed by atoms with Crippen LogP contribution in [0.25, 0.3) is 10.9 Å². The second-order valence-electron chi connectivity index (χ2n) is 6.35. The number of benzene rings is 1. The van der Waals surface area contributed by atoms with E-state index in [1.165, 1.54) is 10.8 Å². The zero-order chi connectivity index (χ0) is 15.9. The maximum absolute atomic E-state index is 14.1. The third kappa shape index (κ3) is 2.41. The van der Waals surface area contributed by atoms with Gasteiger partial charge in [-0.25, -0.2) is 4.39 Å². The maximum Gasteiger partial charge on any atom is 0.281 e. The van der Waals surface area contributed by atoms with Crippen molar-refractivity contribution < 1.29 is 9.18 Å². The lowest BCUT2D eigenvalue weighted by Crippen LogP contribution is -2.14. The molecular weight excluding hydrogens is 279 g/mol. The zero-order valence-electron chi connectivity index (χ0n) is 12.8. The Kier molecular flexibility index (Phi) is 3.32. The predicted octanol–water partition coefficient (Wildman–Crippen LogP) is 4.16. The summed E-state index contributed by atoms with van der Waals surface area (Å²) in [5, 5.41) is 0.442. The number of hydrogen-bond acceptors (Lipinski definition) is 2. The van der Waals surface area contributed by atoms with Crippen molar-refractivity contribution >= 4 is 16.8 Å². The minimum atomic E-state index is -0.403. The van der Waals surface area contributed by atoms with Gasteiger partial charge in [-0.15, -0.1) is 0 Å². The van der Waals surface area contributed by atoms with Gasteiger partial charge in [0.2, 0.25) is 0 Å². The van der Waals surface area contributed by atoms with Gasteiger partial charge in [-0.05, 0) is 35.2 Å². The van der Waals surface area contributed by atoms with Crippen molar-refractivity contribution in [3.8, 4) is 0 Å². The minimum absolute atomic E-state index is 0.0756. The van der Waals surface area contributed by atoms with Crippen molar-refractivity contribution in [2.45, 2.75) is 26.2 Å². The van der Waals surface area contributed by atoms with E-state index in [1.54, 1.807) is 30.5 Å². The van der Waals surface area contributed by atoms with Crippen LogP contribution in [0.1, 0.15) is 36.8 Å². The molecule has 0 unspecified atom stereocenters. The fourth-order valence-electron chi connectivity index (χ4n) is 2.43. The van der Waals surface area contributed by atoms with Crippen LogP contribution in [-0.2, 0) is 5.41 Å². The first-order valence-corrected chi connectivity index (χ1v) is 7.15. The SMILES string of the molecule is CC(C)(C)c1ccc2c(F)cn(C(=O)c3ccccn3)c2c1. The minimum Gasteiger partial charge on any atom is -0.279 e. The molecule has 0 fully saturated rings. The standard InChI is InChI=1S/C18H17FN2O/c1-18(2,3)12-7-8-13-14(19)11-21(16(13)10-12)17(22)15-6-4-5-9-20-15/h4-11H,1-3H3. The molecule has 0 amide bonds. The summed E-state index contributed by atoms with van der Waals surface area (Å²) in [7, 11) is 0. The van der Waals surface area contributed by atoms with Gasteiger partial charge in [-0.3, -0.25) is 14.3 Å². The van der Waals surface area contributed by atoms with Gasteiger partial charge < -0.3 is 0 Å². The molecule has 0 saturated carbocycles. The molecule has 0 aliphatic carbocycles.